The van der Waals surface area contributed by atoms with Gasteiger partial charge in [0.2, 0.25) is 5.82 Å². The second kappa shape index (κ2) is 11.4. The number of nitrogens with zero attached hydrogens (tertiary/aromatic N) is 3. The highest BCUT2D eigenvalue weighted by atomic mass is 16.5. The first-order valence-corrected chi connectivity index (χ1v) is 12.6. The van der Waals surface area contributed by atoms with Gasteiger partial charge in [0.05, 0.1) is 18.7 Å². The Hall–Kier alpha value is -3.68. The van der Waals surface area contributed by atoms with Crippen LogP contribution >= 0.6 is 0 Å². The summed E-state index contributed by atoms with van der Waals surface area (Å²) >= 11 is 0. The van der Waals surface area contributed by atoms with Gasteiger partial charge in [-0.3, -0.25) is 9.79 Å². The van der Waals surface area contributed by atoms with Crippen molar-refractivity contribution in [1.82, 2.24) is 15.3 Å². The first kappa shape index (κ1) is 25.4. The van der Waals surface area contributed by atoms with Crippen LogP contribution < -0.4 is 21.1 Å². The fourth-order valence-electron chi connectivity index (χ4n) is 4.45. The number of carbonyl (C=O) groups is 1. The zero-order chi connectivity index (χ0) is 25.7. The molecular formula is C28H36N6O2. The van der Waals surface area contributed by atoms with Gasteiger partial charge in [0.15, 0.2) is 0 Å². The molecule has 1 aliphatic carbocycles. The summed E-state index contributed by atoms with van der Waals surface area (Å²) in [5.41, 5.74) is 9.12. The molecule has 0 aliphatic heterocycles. The third-order valence-electron chi connectivity index (χ3n) is 6.47. The summed E-state index contributed by atoms with van der Waals surface area (Å²) < 4.78 is 5.25. The minimum absolute atomic E-state index is 0.00565. The molecule has 8 nitrogen and oxygen atoms in total. The summed E-state index contributed by atoms with van der Waals surface area (Å²) in [4.78, 5) is 26.9. The quantitative estimate of drug-likeness (QED) is 0.319. The number of nitrogens with one attached hydrogen (secondary N) is 2. The smallest absolute Gasteiger partial charge is 0.289 e. The summed E-state index contributed by atoms with van der Waals surface area (Å²) in [5, 5.41) is 7.45. The Bertz CT molecular complexity index is 1240. The Morgan fingerprint density at radius 1 is 1.14 bits per heavy atom. The highest BCUT2D eigenvalue weighted by Gasteiger charge is 2.27. The first-order valence-electron chi connectivity index (χ1n) is 12.6. The Morgan fingerprint density at radius 2 is 1.89 bits per heavy atom. The van der Waals surface area contributed by atoms with Crippen LogP contribution in [-0.2, 0) is 0 Å². The summed E-state index contributed by atoms with van der Waals surface area (Å²) in [7, 11) is 1.64. The molecule has 190 valence electrons. The highest BCUT2D eigenvalue weighted by molar-refractivity contribution is 5.98. The number of ether oxygens (including phenoxy) is 1. The molecule has 1 aliphatic rings. The van der Waals surface area contributed by atoms with E-state index in [9.17, 15) is 4.79 Å². The van der Waals surface area contributed by atoms with Gasteiger partial charge in [0, 0.05) is 23.5 Å². The predicted octanol–water partition coefficient (Wildman–Crippen LogP) is 4.46. The molecule has 0 bridgehead atoms. The van der Waals surface area contributed by atoms with Crippen LogP contribution in [0.4, 0.5) is 5.82 Å². The number of aryl methyl sites for hydroxylation is 1. The van der Waals surface area contributed by atoms with E-state index in [1.165, 1.54) is 0 Å². The lowest BCUT2D eigenvalue weighted by Gasteiger charge is -2.30. The monoisotopic (exact) mass is 488 g/mol. The van der Waals surface area contributed by atoms with E-state index in [1.54, 1.807) is 7.11 Å². The van der Waals surface area contributed by atoms with Crippen molar-refractivity contribution < 1.29 is 9.53 Å². The number of nitrogens with two attached hydrogens (primary N) is 1. The average molecular weight is 489 g/mol. The molecule has 36 heavy (non-hydrogen) atoms. The van der Waals surface area contributed by atoms with Crippen molar-refractivity contribution in [3.05, 3.63) is 59.4 Å². The van der Waals surface area contributed by atoms with Crippen LogP contribution in [0.15, 0.2) is 47.5 Å². The molecule has 2 aromatic carbocycles. The molecule has 1 heterocycles. The molecule has 2 atom stereocenters. The maximum absolute atomic E-state index is 12.8. The van der Waals surface area contributed by atoms with Crippen LogP contribution in [0.1, 0.15) is 61.3 Å². The molecule has 8 heteroatoms. The summed E-state index contributed by atoms with van der Waals surface area (Å²) in [6.45, 7) is 6.72. The van der Waals surface area contributed by atoms with Gasteiger partial charge in [-0.05, 0) is 62.1 Å². The molecule has 4 rings (SSSR count). The van der Waals surface area contributed by atoms with Gasteiger partial charge in [0.25, 0.3) is 5.91 Å². The van der Waals surface area contributed by atoms with Crippen LogP contribution in [0.5, 0.6) is 5.75 Å². The third kappa shape index (κ3) is 6.11. The van der Waals surface area contributed by atoms with Crippen LogP contribution in [0.2, 0.25) is 0 Å². The number of rotatable bonds is 8. The summed E-state index contributed by atoms with van der Waals surface area (Å²) in [5.74, 6) is 2.19. The number of hydrogen-bond acceptors (Lipinski definition) is 6. The SMILES string of the molecule is COc1ccc(C(N)=N[C@@H]2CCCC[C@@H]2Nc2nc(C(=O)NCC(C)C)nc3ccc(C)cc23)cc1. The normalized spacial score (nSPS) is 18.3. The summed E-state index contributed by atoms with van der Waals surface area (Å²) in [6.07, 6.45) is 4.05. The zero-order valence-electron chi connectivity index (χ0n) is 21.5. The van der Waals surface area contributed by atoms with Crippen molar-refractivity contribution in [3.63, 3.8) is 0 Å². The van der Waals surface area contributed by atoms with Crippen molar-refractivity contribution >= 4 is 28.5 Å². The van der Waals surface area contributed by atoms with Gasteiger partial charge in [0.1, 0.15) is 17.4 Å². The fourth-order valence-corrected chi connectivity index (χ4v) is 4.45. The number of aliphatic imine (C=N–C) groups is 1. The predicted molar refractivity (Wildman–Crippen MR) is 145 cm³/mol. The van der Waals surface area contributed by atoms with E-state index >= 15 is 0 Å². The maximum atomic E-state index is 12.8. The number of amidine groups is 1. The molecule has 4 N–H and O–H groups in total. The van der Waals surface area contributed by atoms with E-state index in [0.29, 0.717) is 24.1 Å². The van der Waals surface area contributed by atoms with E-state index in [-0.39, 0.29) is 23.8 Å². The van der Waals surface area contributed by atoms with E-state index in [0.717, 1.165) is 53.5 Å². The topological polar surface area (TPSA) is 115 Å². The lowest BCUT2D eigenvalue weighted by atomic mass is 9.90. The number of hydrogen-bond donors (Lipinski definition) is 3. The number of fused-ring (bicyclic) bond motifs is 1. The third-order valence-corrected chi connectivity index (χ3v) is 6.47. The second-order valence-corrected chi connectivity index (χ2v) is 9.87. The van der Waals surface area contributed by atoms with Gasteiger partial charge in [-0.2, -0.15) is 0 Å². The Balaban J connectivity index is 1.63. The number of benzene rings is 2. The van der Waals surface area contributed by atoms with Crippen molar-refractivity contribution in [2.24, 2.45) is 16.6 Å². The highest BCUT2D eigenvalue weighted by Crippen LogP contribution is 2.28. The standard InChI is InChI=1S/C28H36N6O2/c1-17(2)16-30-28(35)27-32-22-14-9-18(3)15-21(22)26(34-27)33-24-8-6-5-7-23(24)31-25(29)19-10-12-20(36-4)13-11-19/h9-15,17,23-24H,5-8,16H2,1-4H3,(H2,29,31)(H,30,35)(H,32,33,34)/t23-,24+/m1/s1. The fraction of sp³-hybridized carbons (Fsp3) is 0.429. The van der Waals surface area contributed by atoms with Crippen molar-refractivity contribution in [2.45, 2.75) is 58.5 Å². The Morgan fingerprint density at radius 3 is 2.61 bits per heavy atom. The van der Waals surface area contributed by atoms with Crippen molar-refractivity contribution in [3.8, 4) is 5.75 Å². The van der Waals surface area contributed by atoms with Crippen LogP contribution in [-0.4, -0.2) is 47.4 Å². The average Bonchev–Trinajstić information content (AvgIpc) is 2.88. The molecule has 0 spiro atoms. The molecule has 1 aromatic heterocycles. The van der Waals surface area contributed by atoms with E-state index in [1.807, 2.05) is 43.3 Å². The number of amides is 1. The van der Waals surface area contributed by atoms with Crippen LogP contribution in [0.25, 0.3) is 10.9 Å². The molecule has 1 fully saturated rings. The van der Waals surface area contributed by atoms with E-state index in [4.69, 9.17) is 15.5 Å². The van der Waals surface area contributed by atoms with E-state index in [2.05, 4.69) is 40.5 Å². The second-order valence-electron chi connectivity index (χ2n) is 9.87. The summed E-state index contributed by atoms with van der Waals surface area (Å²) in [6, 6.07) is 13.6. The largest absolute Gasteiger partial charge is 0.497 e. The van der Waals surface area contributed by atoms with Gasteiger partial charge in [-0.25, -0.2) is 9.97 Å². The number of carbonyl (C=O) groups excluding carboxylic acids is 1. The first-order chi connectivity index (χ1) is 17.3. The number of anilines is 1. The molecule has 1 saturated carbocycles. The zero-order valence-corrected chi connectivity index (χ0v) is 21.5. The molecule has 3 aromatic rings. The van der Waals surface area contributed by atoms with Crippen LogP contribution in [0, 0.1) is 12.8 Å². The molecular weight excluding hydrogens is 452 g/mol. The minimum atomic E-state index is -0.267. The Kier molecular flexibility index (Phi) is 8.03. The molecule has 0 saturated heterocycles. The number of methoxy groups -OCH3 is 1. The maximum Gasteiger partial charge on any atom is 0.289 e. The van der Waals surface area contributed by atoms with Crippen molar-refractivity contribution in [1.29, 1.82) is 0 Å². The Labute approximate surface area is 212 Å². The van der Waals surface area contributed by atoms with E-state index < -0.39 is 0 Å². The van der Waals surface area contributed by atoms with Gasteiger partial charge in [-0.1, -0.05) is 38.3 Å². The van der Waals surface area contributed by atoms with Crippen molar-refractivity contribution in [2.75, 3.05) is 19.0 Å². The van der Waals surface area contributed by atoms with Crippen LogP contribution in [0.3, 0.4) is 0 Å². The molecule has 0 radical (unpaired) electrons. The lowest BCUT2D eigenvalue weighted by Crippen LogP contribution is -2.37. The number of aromatic nitrogens is 2. The lowest BCUT2D eigenvalue weighted by molar-refractivity contribution is 0.0939. The molecule has 1 amide bonds. The minimum Gasteiger partial charge on any atom is -0.497 e. The van der Waals surface area contributed by atoms with Gasteiger partial charge < -0.3 is 21.1 Å². The van der Waals surface area contributed by atoms with Gasteiger partial charge >= 0.3 is 0 Å². The molecule has 0 unspecified atom stereocenters. The van der Waals surface area contributed by atoms with Gasteiger partial charge in [-0.15, -0.1) is 0 Å².